The number of para-hydroxylation sites is 1. The molecule has 1 heterocycles. The van der Waals surface area contributed by atoms with Crippen molar-refractivity contribution in [3.05, 3.63) is 65.5 Å². The lowest BCUT2D eigenvalue weighted by molar-refractivity contribution is -0.118. The number of carbonyl (C=O) groups is 2. The molecule has 0 radical (unpaired) electrons. The molecule has 2 aromatic carbocycles. The second kappa shape index (κ2) is 11.8. The fourth-order valence-corrected chi connectivity index (χ4v) is 4.69. The lowest BCUT2D eigenvalue weighted by Gasteiger charge is -2.21. The second-order valence-corrected chi connectivity index (χ2v) is 9.57. The molecule has 0 aliphatic carbocycles. The molecule has 2 N–H and O–H groups in total. The van der Waals surface area contributed by atoms with Gasteiger partial charge in [0.25, 0.3) is 5.91 Å². The van der Waals surface area contributed by atoms with Gasteiger partial charge in [0.2, 0.25) is 11.0 Å². The number of halogens is 1. The molecule has 10 heteroatoms. The Bertz CT molecular complexity index is 1110. The van der Waals surface area contributed by atoms with Crippen LogP contribution in [0, 0.1) is 11.7 Å². The summed E-state index contributed by atoms with van der Waals surface area (Å²) in [5.41, 5.74) is 0.929. The van der Waals surface area contributed by atoms with E-state index in [0.29, 0.717) is 38.7 Å². The van der Waals surface area contributed by atoms with Crippen LogP contribution in [0.15, 0.2) is 52.9 Å². The van der Waals surface area contributed by atoms with Crippen molar-refractivity contribution in [3.63, 3.8) is 0 Å². The second-order valence-electron chi connectivity index (χ2n) is 7.37. The van der Waals surface area contributed by atoms with E-state index in [-0.39, 0.29) is 11.7 Å². The first-order chi connectivity index (χ1) is 15.9. The summed E-state index contributed by atoms with van der Waals surface area (Å²) in [5.74, 6) is -0.374. The van der Waals surface area contributed by atoms with Gasteiger partial charge in [0.05, 0.1) is 12.2 Å². The SMILES string of the molecule is CCOc1ccccc1C(=O)N[C@@H](C(=O)Nc1nnc(SCc2ccccc2F)s1)C(C)C. The molecule has 3 aromatic rings. The molecule has 0 bridgehead atoms. The van der Waals surface area contributed by atoms with Gasteiger partial charge in [-0.3, -0.25) is 14.9 Å². The van der Waals surface area contributed by atoms with Crippen LogP contribution in [0.2, 0.25) is 0 Å². The summed E-state index contributed by atoms with van der Waals surface area (Å²) in [6, 6.07) is 12.6. The number of carbonyl (C=O) groups excluding carboxylic acids is 2. The molecule has 0 unspecified atom stereocenters. The molecule has 1 aromatic heterocycles. The number of nitrogens with one attached hydrogen (secondary N) is 2. The number of thioether (sulfide) groups is 1. The van der Waals surface area contributed by atoms with E-state index in [2.05, 4.69) is 20.8 Å². The van der Waals surface area contributed by atoms with Gasteiger partial charge in [-0.25, -0.2) is 4.39 Å². The standard InChI is InChI=1S/C23H25FN4O3S2/c1-4-31-18-12-8-6-10-16(18)20(29)25-19(14(2)3)21(30)26-22-27-28-23(33-22)32-13-15-9-5-7-11-17(15)24/h5-12,14,19H,4,13H2,1-3H3,(H,25,29)(H,26,27,30)/t19-/m1/s1. The zero-order valence-corrected chi connectivity index (χ0v) is 20.1. The van der Waals surface area contributed by atoms with Crippen molar-refractivity contribution in [2.75, 3.05) is 11.9 Å². The van der Waals surface area contributed by atoms with E-state index in [1.807, 2.05) is 20.8 Å². The van der Waals surface area contributed by atoms with E-state index in [1.165, 1.54) is 29.2 Å². The summed E-state index contributed by atoms with van der Waals surface area (Å²) >= 11 is 2.53. The number of rotatable bonds is 10. The van der Waals surface area contributed by atoms with Crippen LogP contribution in [-0.4, -0.2) is 34.7 Å². The van der Waals surface area contributed by atoms with Gasteiger partial charge in [0.15, 0.2) is 4.34 Å². The molecule has 1 atom stereocenters. The van der Waals surface area contributed by atoms with Crippen LogP contribution in [0.25, 0.3) is 0 Å². The fraction of sp³-hybridized carbons (Fsp3) is 0.304. The molecule has 2 amide bonds. The Labute approximate surface area is 200 Å². The number of nitrogens with zero attached hydrogens (tertiary/aromatic N) is 2. The summed E-state index contributed by atoms with van der Waals surface area (Å²) in [6.07, 6.45) is 0. The van der Waals surface area contributed by atoms with E-state index in [0.717, 1.165) is 0 Å². The largest absolute Gasteiger partial charge is 0.493 e. The Morgan fingerprint density at radius 1 is 1.12 bits per heavy atom. The number of ether oxygens (including phenoxy) is 1. The highest BCUT2D eigenvalue weighted by molar-refractivity contribution is 8.00. The van der Waals surface area contributed by atoms with Gasteiger partial charge in [-0.2, -0.15) is 0 Å². The first-order valence-electron chi connectivity index (χ1n) is 10.4. The predicted octanol–water partition coefficient (Wildman–Crippen LogP) is 4.76. The van der Waals surface area contributed by atoms with Crippen LogP contribution in [-0.2, 0) is 10.5 Å². The number of anilines is 1. The van der Waals surface area contributed by atoms with Gasteiger partial charge in [0.1, 0.15) is 17.6 Å². The maximum Gasteiger partial charge on any atom is 0.255 e. The summed E-state index contributed by atoms with van der Waals surface area (Å²) in [6.45, 7) is 5.94. The van der Waals surface area contributed by atoms with E-state index < -0.39 is 17.9 Å². The predicted molar refractivity (Wildman–Crippen MR) is 128 cm³/mol. The maximum atomic E-state index is 13.8. The molecule has 0 spiro atoms. The third kappa shape index (κ3) is 6.75. The van der Waals surface area contributed by atoms with Crippen molar-refractivity contribution in [1.29, 1.82) is 0 Å². The van der Waals surface area contributed by atoms with Crippen molar-refractivity contribution in [2.45, 2.75) is 36.9 Å². The highest BCUT2D eigenvalue weighted by Crippen LogP contribution is 2.29. The van der Waals surface area contributed by atoms with Crippen LogP contribution < -0.4 is 15.4 Å². The minimum Gasteiger partial charge on any atom is -0.493 e. The van der Waals surface area contributed by atoms with Gasteiger partial charge in [-0.05, 0) is 36.6 Å². The maximum absolute atomic E-state index is 13.8. The minimum atomic E-state index is -0.786. The molecular weight excluding hydrogens is 463 g/mol. The van der Waals surface area contributed by atoms with E-state index in [4.69, 9.17) is 4.74 Å². The van der Waals surface area contributed by atoms with Crippen LogP contribution in [0.4, 0.5) is 9.52 Å². The van der Waals surface area contributed by atoms with Gasteiger partial charge in [-0.15, -0.1) is 10.2 Å². The van der Waals surface area contributed by atoms with Gasteiger partial charge in [-0.1, -0.05) is 67.3 Å². The highest BCUT2D eigenvalue weighted by Gasteiger charge is 2.26. The smallest absolute Gasteiger partial charge is 0.255 e. The average molecular weight is 489 g/mol. The summed E-state index contributed by atoms with van der Waals surface area (Å²) in [4.78, 5) is 25.7. The Morgan fingerprint density at radius 3 is 2.58 bits per heavy atom. The number of hydrogen-bond donors (Lipinski definition) is 2. The average Bonchev–Trinajstić information content (AvgIpc) is 3.24. The molecule has 7 nitrogen and oxygen atoms in total. The molecule has 0 aliphatic rings. The number of hydrogen-bond acceptors (Lipinski definition) is 7. The monoisotopic (exact) mass is 488 g/mol. The third-order valence-corrected chi connectivity index (χ3v) is 6.63. The zero-order chi connectivity index (χ0) is 23.8. The zero-order valence-electron chi connectivity index (χ0n) is 18.5. The van der Waals surface area contributed by atoms with Gasteiger partial charge >= 0.3 is 0 Å². The quantitative estimate of drug-likeness (QED) is 0.316. The van der Waals surface area contributed by atoms with Crippen molar-refractivity contribution in [1.82, 2.24) is 15.5 Å². The van der Waals surface area contributed by atoms with E-state index >= 15 is 0 Å². The lowest BCUT2D eigenvalue weighted by atomic mass is 10.0. The summed E-state index contributed by atoms with van der Waals surface area (Å²) in [5, 5.41) is 13.9. The normalized spacial score (nSPS) is 11.8. The molecule has 0 aliphatic heterocycles. The van der Waals surface area contributed by atoms with Crippen molar-refractivity contribution in [3.8, 4) is 5.75 Å². The lowest BCUT2D eigenvalue weighted by Crippen LogP contribution is -2.47. The van der Waals surface area contributed by atoms with Crippen molar-refractivity contribution < 1.29 is 18.7 Å². The van der Waals surface area contributed by atoms with Crippen LogP contribution in [0.1, 0.15) is 36.7 Å². The van der Waals surface area contributed by atoms with Crippen molar-refractivity contribution >= 4 is 40.0 Å². The Morgan fingerprint density at radius 2 is 1.85 bits per heavy atom. The number of aromatic nitrogens is 2. The molecule has 174 valence electrons. The summed E-state index contributed by atoms with van der Waals surface area (Å²) in [7, 11) is 0. The van der Waals surface area contributed by atoms with Crippen molar-refractivity contribution in [2.24, 2.45) is 5.92 Å². The van der Waals surface area contributed by atoms with Gasteiger partial charge in [0, 0.05) is 5.75 Å². The molecule has 3 rings (SSSR count). The molecule has 0 saturated heterocycles. The number of benzene rings is 2. The van der Waals surface area contributed by atoms with Crippen LogP contribution in [0.3, 0.4) is 0 Å². The fourth-order valence-electron chi connectivity index (χ4n) is 2.95. The first kappa shape index (κ1) is 24.7. The Kier molecular flexibility index (Phi) is 8.79. The Balaban J connectivity index is 1.63. The molecular formula is C23H25FN4O3S2. The van der Waals surface area contributed by atoms with E-state index in [9.17, 15) is 14.0 Å². The highest BCUT2D eigenvalue weighted by atomic mass is 32.2. The minimum absolute atomic E-state index is 0.170. The summed E-state index contributed by atoms with van der Waals surface area (Å²) < 4.78 is 19.9. The molecule has 0 fully saturated rings. The van der Waals surface area contributed by atoms with Crippen LogP contribution >= 0.6 is 23.1 Å². The van der Waals surface area contributed by atoms with E-state index in [1.54, 1.807) is 42.5 Å². The van der Waals surface area contributed by atoms with Crippen LogP contribution in [0.5, 0.6) is 5.75 Å². The third-order valence-electron chi connectivity index (χ3n) is 4.61. The first-order valence-corrected chi connectivity index (χ1v) is 12.2. The topological polar surface area (TPSA) is 93.2 Å². The van der Waals surface area contributed by atoms with Gasteiger partial charge < -0.3 is 10.1 Å². The molecule has 33 heavy (non-hydrogen) atoms. The molecule has 0 saturated carbocycles. The Hall–Kier alpha value is -2.98. The number of amides is 2.